The predicted octanol–water partition coefficient (Wildman–Crippen LogP) is 0.504. The third kappa shape index (κ3) is 4.11. The summed E-state index contributed by atoms with van der Waals surface area (Å²) in [5, 5.41) is 11.7. The molecule has 1 atom stereocenters. The van der Waals surface area contributed by atoms with Crippen molar-refractivity contribution in [1.82, 2.24) is 15.1 Å². The fraction of sp³-hybridized carbons (Fsp3) is 0.769. The molecular formula is C13H23N3O4. The first-order valence-corrected chi connectivity index (χ1v) is 7.00. The van der Waals surface area contributed by atoms with Crippen LogP contribution in [0.1, 0.15) is 32.6 Å². The Balaban J connectivity index is 2.83. The number of carboxylic acid groups (broad SMARTS) is 1. The number of hydrogen-bond acceptors (Lipinski definition) is 3. The summed E-state index contributed by atoms with van der Waals surface area (Å²) in [6.45, 7) is 2.53. The standard InChI is InChI=1S/C13H23N3O4/c1-3-15(9-11(17)14-2)13(20)16-8-6-4-5-7-10(16)12(18)19/h10H,3-9H2,1-2H3,(H,14,17)(H,18,19). The molecule has 0 aliphatic carbocycles. The number of nitrogens with zero attached hydrogens (tertiary/aromatic N) is 2. The van der Waals surface area contributed by atoms with Gasteiger partial charge in [0, 0.05) is 20.1 Å². The van der Waals surface area contributed by atoms with E-state index < -0.39 is 12.0 Å². The summed E-state index contributed by atoms with van der Waals surface area (Å²) < 4.78 is 0. The van der Waals surface area contributed by atoms with Gasteiger partial charge in [-0.15, -0.1) is 0 Å². The van der Waals surface area contributed by atoms with Crippen molar-refractivity contribution in [3.8, 4) is 0 Å². The van der Waals surface area contributed by atoms with Crippen LogP contribution in [-0.4, -0.2) is 65.5 Å². The Kier molecular flexibility index (Phi) is 6.27. The van der Waals surface area contributed by atoms with E-state index in [4.69, 9.17) is 0 Å². The molecule has 0 aromatic rings. The highest BCUT2D eigenvalue weighted by molar-refractivity contribution is 5.86. The Morgan fingerprint density at radius 1 is 1.30 bits per heavy atom. The maximum absolute atomic E-state index is 12.5. The zero-order valence-electron chi connectivity index (χ0n) is 12.1. The highest BCUT2D eigenvalue weighted by atomic mass is 16.4. The molecule has 1 unspecified atom stereocenters. The lowest BCUT2D eigenvalue weighted by Gasteiger charge is -2.32. The van der Waals surface area contributed by atoms with Gasteiger partial charge in [-0.2, -0.15) is 0 Å². The fourth-order valence-electron chi connectivity index (χ4n) is 2.34. The molecule has 20 heavy (non-hydrogen) atoms. The van der Waals surface area contributed by atoms with E-state index in [1.807, 2.05) is 0 Å². The Morgan fingerprint density at radius 3 is 2.55 bits per heavy atom. The molecular weight excluding hydrogens is 262 g/mol. The van der Waals surface area contributed by atoms with Gasteiger partial charge in [-0.1, -0.05) is 12.8 Å². The zero-order valence-corrected chi connectivity index (χ0v) is 12.1. The highest BCUT2D eigenvalue weighted by Gasteiger charge is 2.33. The lowest BCUT2D eigenvalue weighted by atomic mass is 10.1. The van der Waals surface area contributed by atoms with Crippen molar-refractivity contribution in [2.45, 2.75) is 38.6 Å². The molecule has 0 radical (unpaired) electrons. The number of rotatable bonds is 4. The minimum absolute atomic E-state index is 0.0470. The maximum Gasteiger partial charge on any atom is 0.326 e. The largest absolute Gasteiger partial charge is 0.480 e. The Hall–Kier alpha value is -1.79. The normalized spacial score (nSPS) is 19.1. The molecule has 1 aliphatic heterocycles. The van der Waals surface area contributed by atoms with E-state index in [0.29, 0.717) is 19.5 Å². The molecule has 7 nitrogen and oxygen atoms in total. The van der Waals surface area contributed by atoms with E-state index >= 15 is 0 Å². The van der Waals surface area contributed by atoms with Crippen LogP contribution in [0.3, 0.4) is 0 Å². The van der Waals surface area contributed by atoms with Crippen LogP contribution in [-0.2, 0) is 9.59 Å². The van der Waals surface area contributed by atoms with Gasteiger partial charge in [0.2, 0.25) is 5.91 Å². The molecule has 114 valence electrons. The maximum atomic E-state index is 12.5. The molecule has 1 heterocycles. The van der Waals surface area contributed by atoms with Crippen molar-refractivity contribution in [2.24, 2.45) is 0 Å². The minimum Gasteiger partial charge on any atom is -0.480 e. The molecule has 7 heteroatoms. The van der Waals surface area contributed by atoms with E-state index in [1.54, 1.807) is 6.92 Å². The first-order chi connectivity index (χ1) is 9.51. The van der Waals surface area contributed by atoms with E-state index in [9.17, 15) is 19.5 Å². The lowest BCUT2D eigenvalue weighted by molar-refractivity contribution is -0.142. The molecule has 0 spiro atoms. The highest BCUT2D eigenvalue weighted by Crippen LogP contribution is 2.18. The van der Waals surface area contributed by atoms with Crippen LogP contribution < -0.4 is 5.32 Å². The molecule has 0 aromatic carbocycles. The first-order valence-electron chi connectivity index (χ1n) is 7.00. The zero-order chi connectivity index (χ0) is 15.1. The van der Waals surface area contributed by atoms with E-state index in [2.05, 4.69) is 5.32 Å². The number of amides is 3. The van der Waals surface area contributed by atoms with Crippen molar-refractivity contribution in [1.29, 1.82) is 0 Å². The monoisotopic (exact) mass is 285 g/mol. The van der Waals surface area contributed by atoms with Gasteiger partial charge in [-0.05, 0) is 19.8 Å². The van der Waals surface area contributed by atoms with Gasteiger partial charge in [0.1, 0.15) is 12.6 Å². The SMILES string of the molecule is CCN(CC(=O)NC)C(=O)N1CCCCCC1C(=O)O. The number of urea groups is 1. The van der Waals surface area contributed by atoms with Gasteiger partial charge >= 0.3 is 12.0 Å². The third-order valence-corrected chi connectivity index (χ3v) is 3.55. The quantitative estimate of drug-likeness (QED) is 0.787. The minimum atomic E-state index is -0.976. The molecule has 2 N–H and O–H groups in total. The second-order valence-corrected chi connectivity index (χ2v) is 4.87. The number of likely N-dealkylation sites (tertiary alicyclic amines) is 1. The molecule has 0 aromatic heterocycles. The average molecular weight is 285 g/mol. The average Bonchev–Trinajstić information content (AvgIpc) is 2.69. The van der Waals surface area contributed by atoms with Crippen molar-refractivity contribution in [3.63, 3.8) is 0 Å². The molecule has 0 saturated carbocycles. The second kappa shape index (κ2) is 7.72. The number of nitrogens with one attached hydrogen (secondary N) is 1. The van der Waals surface area contributed by atoms with Gasteiger partial charge in [0.15, 0.2) is 0 Å². The molecule has 1 aliphatic rings. The second-order valence-electron chi connectivity index (χ2n) is 4.87. The van der Waals surface area contributed by atoms with E-state index in [0.717, 1.165) is 19.3 Å². The Morgan fingerprint density at radius 2 is 2.00 bits per heavy atom. The molecule has 1 fully saturated rings. The van der Waals surface area contributed by atoms with Gasteiger partial charge in [-0.25, -0.2) is 9.59 Å². The fourth-order valence-corrected chi connectivity index (χ4v) is 2.34. The van der Waals surface area contributed by atoms with Gasteiger partial charge < -0.3 is 20.2 Å². The third-order valence-electron chi connectivity index (χ3n) is 3.55. The van der Waals surface area contributed by atoms with Crippen molar-refractivity contribution < 1.29 is 19.5 Å². The van der Waals surface area contributed by atoms with Crippen LogP contribution in [0.2, 0.25) is 0 Å². The number of aliphatic carboxylic acids is 1. The number of likely N-dealkylation sites (N-methyl/N-ethyl adjacent to an activating group) is 2. The number of hydrogen-bond donors (Lipinski definition) is 2. The summed E-state index contributed by atoms with van der Waals surface area (Å²) in [4.78, 5) is 38.0. The van der Waals surface area contributed by atoms with Crippen LogP contribution in [0.5, 0.6) is 0 Å². The smallest absolute Gasteiger partial charge is 0.326 e. The topological polar surface area (TPSA) is 90.0 Å². The Labute approximate surface area is 118 Å². The first kappa shape index (κ1) is 16.3. The van der Waals surface area contributed by atoms with E-state index in [1.165, 1.54) is 16.8 Å². The van der Waals surface area contributed by atoms with Crippen LogP contribution in [0, 0.1) is 0 Å². The van der Waals surface area contributed by atoms with Crippen molar-refractivity contribution >= 4 is 17.9 Å². The number of carbonyl (C=O) groups excluding carboxylic acids is 2. The molecule has 1 rings (SSSR count). The van der Waals surface area contributed by atoms with Crippen LogP contribution >= 0.6 is 0 Å². The number of carboxylic acids is 1. The van der Waals surface area contributed by atoms with Gasteiger partial charge in [0.05, 0.1) is 0 Å². The summed E-state index contributed by atoms with van der Waals surface area (Å²) in [5.41, 5.74) is 0. The summed E-state index contributed by atoms with van der Waals surface area (Å²) in [6, 6.07) is -1.16. The van der Waals surface area contributed by atoms with Crippen LogP contribution in [0.4, 0.5) is 4.79 Å². The van der Waals surface area contributed by atoms with Crippen LogP contribution in [0.15, 0.2) is 0 Å². The number of carbonyl (C=O) groups is 3. The summed E-state index contributed by atoms with van der Waals surface area (Å²) in [6.07, 6.45) is 3.00. The molecule has 1 saturated heterocycles. The van der Waals surface area contributed by atoms with Crippen molar-refractivity contribution in [3.05, 3.63) is 0 Å². The van der Waals surface area contributed by atoms with Gasteiger partial charge in [-0.3, -0.25) is 4.79 Å². The van der Waals surface area contributed by atoms with Crippen molar-refractivity contribution in [2.75, 3.05) is 26.7 Å². The molecule has 0 bridgehead atoms. The van der Waals surface area contributed by atoms with E-state index in [-0.39, 0.29) is 18.5 Å². The summed E-state index contributed by atoms with van der Waals surface area (Å²) >= 11 is 0. The summed E-state index contributed by atoms with van der Waals surface area (Å²) in [7, 11) is 1.51. The predicted molar refractivity (Wildman–Crippen MR) is 73.3 cm³/mol. The Bertz CT molecular complexity index is 373. The molecule has 3 amide bonds. The van der Waals surface area contributed by atoms with Gasteiger partial charge in [0.25, 0.3) is 0 Å². The van der Waals surface area contributed by atoms with Crippen LogP contribution in [0.25, 0.3) is 0 Å². The lowest BCUT2D eigenvalue weighted by Crippen LogP contribution is -2.52. The summed E-state index contributed by atoms with van der Waals surface area (Å²) in [5.74, 6) is -1.24.